The summed E-state index contributed by atoms with van der Waals surface area (Å²) in [5.74, 6) is 0.751. The van der Waals surface area contributed by atoms with Gasteiger partial charge in [-0.3, -0.25) is 4.79 Å². The molecule has 0 N–H and O–H groups in total. The van der Waals surface area contributed by atoms with Gasteiger partial charge in [-0.1, -0.05) is 5.57 Å². The summed E-state index contributed by atoms with van der Waals surface area (Å²) in [5, 5.41) is 0. The minimum atomic E-state index is 0.112. The SMILES string of the molecule is COCC1(COC)CC2=CC(=O)CC2C1. The Bertz CT molecular complexity index is 287. The lowest BCUT2D eigenvalue weighted by molar-refractivity contribution is -0.114. The molecule has 0 bridgehead atoms. The molecule has 0 radical (unpaired) electrons. The molecule has 2 rings (SSSR count). The number of hydrogen-bond acceptors (Lipinski definition) is 3. The van der Waals surface area contributed by atoms with Crippen LogP contribution in [0.3, 0.4) is 0 Å². The zero-order chi connectivity index (χ0) is 10.9. The average molecular weight is 210 g/mol. The molecule has 3 heteroatoms. The maximum Gasteiger partial charge on any atom is 0.156 e. The summed E-state index contributed by atoms with van der Waals surface area (Å²) in [5.41, 5.74) is 1.43. The summed E-state index contributed by atoms with van der Waals surface area (Å²) in [6.07, 6.45) is 4.53. The standard InChI is InChI=1S/C12H18O3/c1-14-7-12(8-15-2)5-9-3-11(13)4-10(9)6-12/h3,10H,4-8H2,1-2H3. The highest BCUT2D eigenvalue weighted by Crippen LogP contribution is 2.49. The Morgan fingerprint density at radius 2 is 2.07 bits per heavy atom. The number of rotatable bonds is 4. The Hall–Kier alpha value is -0.670. The maximum absolute atomic E-state index is 11.2. The minimum Gasteiger partial charge on any atom is -0.384 e. The normalized spacial score (nSPS) is 28.0. The first kappa shape index (κ1) is 10.8. The number of allylic oxidation sites excluding steroid dienone is 2. The Balaban J connectivity index is 2.11. The van der Waals surface area contributed by atoms with Crippen LogP contribution in [0.2, 0.25) is 0 Å². The first-order valence-electron chi connectivity index (χ1n) is 5.40. The average Bonchev–Trinajstić information content (AvgIpc) is 2.59. The summed E-state index contributed by atoms with van der Waals surface area (Å²) in [4.78, 5) is 11.2. The Morgan fingerprint density at radius 3 is 2.60 bits per heavy atom. The van der Waals surface area contributed by atoms with Crippen LogP contribution in [0.25, 0.3) is 0 Å². The Morgan fingerprint density at radius 1 is 1.40 bits per heavy atom. The number of hydrogen-bond donors (Lipinski definition) is 0. The Labute approximate surface area is 90.4 Å². The second-order valence-corrected chi connectivity index (χ2v) is 4.83. The lowest BCUT2D eigenvalue weighted by Crippen LogP contribution is -2.29. The number of carbonyl (C=O) groups excluding carboxylic acids is 1. The summed E-state index contributed by atoms with van der Waals surface area (Å²) in [6.45, 7) is 1.45. The van der Waals surface area contributed by atoms with Crippen LogP contribution < -0.4 is 0 Å². The van der Waals surface area contributed by atoms with Crippen LogP contribution in [0.4, 0.5) is 0 Å². The molecule has 1 fully saturated rings. The zero-order valence-electron chi connectivity index (χ0n) is 9.41. The van der Waals surface area contributed by atoms with Crippen molar-refractivity contribution in [1.82, 2.24) is 0 Å². The largest absolute Gasteiger partial charge is 0.384 e. The fourth-order valence-electron chi connectivity index (χ4n) is 3.06. The van der Waals surface area contributed by atoms with Gasteiger partial charge in [-0.05, 0) is 24.8 Å². The topological polar surface area (TPSA) is 35.5 Å². The molecule has 0 heterocycles. The number of ketones is 1. The van der Waals surface area contributed by atoms with Crippen molar-refractivity contribution in [3.8, 4) is 0 Å². The highest BCUT2D eigenvalue weighted by Gasteiger charge is 2.45. The lowest BCUT2D eigenvalue weighted by atomic mass is 9.86. The summed E-state index contributed by atoms with van der Waals surface area (Å²) in [7, 11) is 3.45. The van der Waals surface area contributed by atoms with E-state index in [4.69, 9.17) is 9.47 Å². The van der Waals surface area contributed by atoms with E-state index in [1.165, 1.54) is 5.57 Å². The number of ether oxygens (including phenoxy) is 2. The van der Waals surface area contributed by atoms with Gasteiger partial charge in [-0.2, -0.15) is 0 Å². The molecule has 0 spiro atoms. The predicted molar refractivity (Wildman–Crippen MR) is 56.6 cm³/mol. The summed E-state index contributed by atoms with van der Waals surface area (Å²) < 4.78 is 10.6. The quantitative estimate of drug-likeness (QED) is 0.706. The lowest BCUT2D eigenvalue weighted by Gasteiger charge is -2.27. The van der Waals surface area contributed by atoms with Crippen molar-refractivity contribution in [1.29, 1.82) is 0 Å². The molecule has 0 amide bonds. The molecule has 84 valence electrons. The van der Waals surface area contributed by atoms with E-state index in [2.05, 4.69) is 0 Å². The molecule has 0 saturated heterocycles. The first-order valence-corrected chi connectivity index (χ1v) is 5.40. The van der Waals surface area contributed by atoms with Crippen LogP contribution in [-0.4, -0.2) is 33.2 Å². The van der Waals surface area contributed by atoms with E-state index < -0.39 is 0 Å². The van der Waals surface area contributed by atoms with E-state index in [1.54, 1.807) is 14.2 Å². The second kappa shape index (κ2) is 4.06. The van der Waals surface area contributed by atoms with Crippen LogP contribution in [0, 0.1) is 11.3 Å². The molecular formula is C12H18O3. The monoisotopic (exact) mass is 210 g/mol. The van der Waals surface area contributed by atoms with Gasteiger partial charge in [0.1, 0.15) is 0 Å². The molecule has 1 atom stereocenters. The highest BCUT2D eigenvalue weighted by molar-refractivity contribution is 5.93. The van der Waals surface area contributed by atoms with E-state index in [0.29, 0.717) is 18.1 Å². The van der Waals surface area contributed by atoms with Crippen LogP contribution in [0.1, 0.15) is 19.3 Å². The zero-order valence-corrected chi connectivity index (χ0v) is 9.41. The predicted octanol–water partition coefficient (Wildman–Crippen LogP) is 1.57. The van der Waals surface area contributed by atoms with Crippen molar-refractivity contribution >= 4 is 5.78 Å². The highest BCUT2D eigenvalue weighted by atomic mass is 16.5. The third kappa shape index (κ3) is 1.99. The summed E-state index contributed by atoms with van der Waals surface area (Å²) >= 11 is 0. The molecule has 1 unspecified atom stereocenters. The van der Waals surface area contributed by atoms with Crippen LogP contribution in [0.15, 0.2) is 11.6 Å². The van der Waals surface area contributed by atoms with Crippen molar-refractivity contribution in [2.45, 2.75) is 19.3 Å². The van der Waals surface area contributed by atoms with Gasteiger partial charge < -0.3 is 9.47 Å². The van der Waals surface area contributed by atoms with Crippen molar-refractivity contribution in [3.63, 3.8) is 0 Å². The molecule has 15 heavy (non-hydrogen) atoms. The third-order valence-electron chi connectivity index (χ3n) is 3.48. The van der Waals surface area contributed by atoms with E-state index in [-0.39, 0.29) is 5.41 Å². The molecule has 2 aliphatic rings. The molecule has 2 aliphatic carbocycles. The van der Waals surface area contributed by atoms with Gasteiger partial charge in [0.15, 0.2) is 5.78 Å². The van der Waals surface area contributed by atoms with Crippen molar-refractivity contribution in [3.05, 3.63) is 11.6 Å². The molecule has 0 aliphatic heterocycles. The molecule has 0 aromatic carbocycles. The van der Waals surface area contributed by atoms with Crippen LogP contribution in [0.5, 0.6) is 0 Å². The van der Waals surface area contributed by atoms with Gasteiger partial charge in [-0.15, -0.1) is 0 Å². The second-order valence-electron chi connectivity index (χ2n) is 4.83. The molecule has 0 aromatic heterocycles. The van der Waals surface area contributed by atoms with Crippen LogP contribution in [-0.2, 0) is 14.3 Å². The number of fused-ring (bicyclic) bond motifs is 1. The fourth-order valence-corrected chi connectivity index (χ4v) is 3.06. The molecule has 3 nitrogen and oxygen atoms in total. The number of methoxy groups -OCH3 is 2. The van der Waals surface area contributed by atoms with Crippen molar-refractivity contribution < 1.29 is 14.3 Å². The van der Waals surface area contributed by atoms with Crippen molar-refractivity contribution in [2.24, 2.45) is 11.3 Å². The number of carbonyl (C=O) groups is 1. The van der Waals surface area contributed by atoms with E-state index in [1.807, 2.05) is 6.08 Å². The molecule has 0 aromatic rings. The van der Waals surface area contributed by atoms with Crippen LogP contribution >= 0.6 is 0 Å². The summed E-state index contributed by atoms with van der Waals surface area (Å²) in [6, 6.07) is 0. The first-order chi connectivity index (χ1) is 7.19. The van der Waals surface area contributed by atoms with Gasteiger partial charge in [0.25, 0.3) is 0 Å². The third-order valence-corrected chi connectivity index (χ3v) is 3.48. The fraction of sp³-hybridized carbons (Fsp3) is 0.750. The van der Waals surface area contributed by atoms with Gasteiger partial charge in [0.2, 0.25) is 0 Å². The van der Waals surface area contributed by atoms with E-state index >= 15 is 0 Å². The van der Waals surface area contributed by atoms with Gasteiger partial charge in [-0.25, -0.2) is 0 Å². The van der Waals surface area contributed by atoms with Gasteiger partial charge in [0.05, 0.1) is 13.2 Å². The Kier molecular flexibility index (Phi) is 2.94. The minimum absolute atomic E-state index is 0.112. The smallest absolute Gasteiger partial charge is 0.156 e. The van der Waals surface area contributed by atoms with Gasteiger partial charge >= 0.3 is 0 Å². The van der Waals surface area contributed by atoms with Gasteiger partial charge in [0, 0.05) is 26.1 Å². The maximum atomic E-state index is 11.2. The van der Waals surface area contributed by atoms with Crippen molar-refractivity contribution in [2.75, 3.05) is 27.4 Å². The van der Waals surface area contributed by atoms with E-state index in [9.17, 15) is 4.79 Å². The molecule has 1 saturated carbocycles. The van der Waals surface area contributed by atoms with E-state index in [0.717, 1.165) is 26.1 Å². The molecular weight excluding hydrogens is 192 g/mol.